The van der Waals surface area contributed by atoms with Crippen LogP contribution < -0.4 is 5.32 Å². The Bertz CT molecular complexity index is 595. The van der Waals surface area contributed by atoms with Gasteiger partial charge in [0.05, 0.1) is 21.9 Å². The Morgan fingerprint density at radius 2 is 2.00 bits per heavy atom. The lowest BCUT2D eigenvalue weighted by Crippen LogP contribution is -1.91. The van der Waals surface area contributed by atoms with Crippen LogP contribution in [0.1, 0.15) is 9.67 Å². The zero-order chi connectivity index (χ0) is 13.3. The van der Waals surface area contributed by atoms with Gasteiger partial charge in [0, 0.05) is 4.47 Å². The number of carboxylic acid groups (broad SMARTS) is 1. The monoisotopic (exact) mass is 366 g/mol. The van der Waals surface area contributed by atoms with Gasteiger partial charge in [-0.2, -0.15) is 0 Å². The van der Waals surface area contributed by atoms with Crippen molar-refractivity contribution in [2.45, 2.75) is 0 Å². The number of aromatic nitrogens is 1. The van der Waals surface area contributed by atoms with Crippen molar-refractivity contribution in [2.75, 3.05) is 5.32 Å². The van der Waals surface area contributed by atoms with Crippen LogP contribution in [0.4, 0.5) is 10.8 Å². The molecule has 0 unspecified atom stereocenters. The van der Waals surface area contributed by atoms with E-state index in [9.17, 15) is 4.79 Å². The van der Waals surface area contributed by atoms with Crippen LogP contribution in [0.25, 0.3) is 0 Å². The Morgan fingerprint density at radius 3 is 2.50 bits per heavy atom. The van der Waals surface area contributed by atoms with E-state index < -0.39 is 5.97 Å². The molecule has 1 heterocycles. The second-order valence-corrected chi connectivity index (χ2v) is 5.96. The molecular formula is C10H5BrCl2N2O2S. The van der Waals surface area contributed by atoms with Crippen LogP contribution in [0.15, 0.2) is 22.8 Å². The number of hydrogen-bond donors (Lipinski definition) is 2. The molecule has 2 aromatic rings. The molecule has 0 fully saturated rings. The van der Waals surface area contributed by atoms with E-state index in [-0.39, 0.29) is 4.88 Å². The van der Waals surface area contributed by atoms with Crippen LogP contribution in [0.2, 0.25) is 10.0 Å². The van der Waals surface area contributed by atoms with E-state index in [2.05, 4.69) is 26.2 Å². The van der Waals surface area contributed by atoms with Gasteiger partial charge in [-0.1, -0.05) is 50.5 Å². The van der Waals surface area contributed by atoms with E-state index in [1.54, 1.807) is 12.1 Å². The van der Waals surface area contributed by atoms with E-state index >= 15 is 0 Å². The largest absolute Gasteiger partial charge is 0.477 e. The second-order valence-electron chi connectivity index (χ2n) is 3.20. The fourth-order valence-electron chi connectivity index (χ4n) is 1.20. The molecule has 0 amide bonds. The predicted octanol–water partition coefficient (Wildman–Crippen LogP) is 4.65. The first kappa shape index (κ1) is 13.6. The number of anilines is 2. The number of carboxylic acids is 1. The number of benzene rings is 1. The van der Waals surface area contributed by atoms with Crippen LogP contribution in [-0.2, 0) is 0 Å². The third-order valence-electron chi connectivity index (χ3n) is 1.96. The molecule has 0 saturated carbocycles. The minimum Gasteiger partial charge on any atom is -0.477 e. The topological polar surface area (TPSA) is 62.2 Å². The zero-order valence-corrected chi connectivity index (χ0v) is 12.5. The number of nitrogens with zero attached hydrogens (tertiary/aromatic N) is 1. The summed E-state index contributed by atoms with van der Waals surface area (Å²) < 4.78 is 0.758. The molecule has 1 aromatic carbocycles. The van der Waals surface area contributed by atoms with E-state index in [1.807, 2.05) is 0 Å². The van der Waals surface area contributed by atoms with Crippen molar-refractivity contribution in [1.82, 2.24) is 4.98 Å². The molecule has 0 atom stereocenters. The summed E-state index contributed by atoms with van der Waals surface area (Å²) >= 11 is 16.4. The Hall–Kier alpha value is -0.820. The molecule has 8 heteroatoms. The summed E-state index contributed by atoms with van der Waals surface area (Å²) in [6, 6.07) is 3.36. The van der Waals surface area contributed by atoms with Gasteiger partial charge in [-0.05, 0) is 12.1 Å². The van der Waals surface area contributed by atoms with Gasteiger partial charge < -0.3 is 10.4 Å². The number of hydrogen-bond acceptors (Lipinski definition) is 4. The lowest BCUT2D eigenvalue weighted by atomic mass is 10.3. The molecule has 18 heavy (non-hydrogen) atoms. The number of rotatable bonds is 3. The molecule has 0 aliphatic heterocycles. The third-order valence-corrected chi connectivity index (χ3v) is 3.91. The highest BCUT2D eigenvalue weighted by atomic mass is 79.9. The molecular weight excluding hydrogens is 363 g/mol. The molecule has 0 aliphatic rings. The van der Waals surface area contributed by atoms with Gasteiger partial charge >= 0.3 is 5.97 Å². The van der Waals surface area contributed by atoms with Crippen molar-refractivity contribution in [3.8, 4) is 0 Å². The molecule has 0 spiro atoms. The summed E-state index contributed by atoms with van der Waals surface area (Å²) in [5.41, 5.74) is 0.493. The van der Waals surface area contributed by atoms with Crippen molar-refractivity contribution < 1.29 is 9.90 Å². The van der Waals surface area contributed by atoms with Gasteiger partial charge in [0.25, 0.3) is 0 Å². The minimum absolute atomic E-state index is 0.141. The summed E-state index contributed by atoms with van der Waals surface area (Å²) in [5.74, 6) is -1.02. The summed E-state index contributed by atoms with van der Waals surface area (Å²) in [6.45, 7) is 0. The average molecular weight is 368 g/mol. The van der Waals surface area contributed by atoms with E-state index in [0.29, 0.717) is 20.9 Å². The lowest BCUT2D eigenvalue weighted by Gasteiger charge is -2.08. The van der Waals surface area contributed by atoms with Crippen LogP contribution >= 0.6 is 50.5 Å². The summed E-state index contributed by atoms with van der Waals surface area (Å²) in [5, 5.41) is 12.9. The van der Waals surface area contributed by atoms with Crippen molar-refractivity contribution in [1.29, 1.82) is 0 Å². The summed E-state index contributed by atoms with van der Waals surface area (Å²) in [4.78, 5) is 14.8. The van der Waals surface area contributed by atoms with Crippen molar-refractivity contribution in [2.24, 2.45) is 0 Å². The lowest BCUT2D eigenvalue weighted by molar-refractivity contribution is 0.0702. The first-order valence-corrected chi connectivity index (χ1v) is 6.94. The molecule has 0 saturated heterocycles. The Balaban J connectivity index is 2.31. The average Bonchev–Trinajstić information content (AvgIpc) is 2.71. The molecule has 2 rings (SSSR count). The molecule has 1 aromatic heterocycles. The van der Waals surface area contributed by atoms with Gasteiger partial charge in [0.1, 0.15) is 4.88 Å². The van der Waals surface area contributed by atoms with E-state index in [1.165, 1.54) is 6.20 Å². The standard InChI is InChI=1S/C10H5BrCl2N2O2S/c11-4-1-5(12)8(6(13)2-4)15-10-14-3-7(18-10)9(16)17/h1-3H,(H,14,15)(H,16,17). The van der Waals surface area contributed by atoms with Crippen molar-refractivity contribution in [3.63, 3.8) is 0 Å². The number of halogens is 3. The van der Waals surface area contributed by atoms with Gasteiger partial charge in [0.15, 0.2) is 5.13 Å². The maximum absolute atomic E-state index is 10.7. The molecule has 94 valence electrons. The Morgan fingerprint density at radius 1 is 1.39 bits per heavy atom. The SMILES string of the molecule is O=C(O)c1cnc(Nc2c(Cl)cc(Br)cc2Cl)s1. The van der Waals surface area contributed by atoms with Gasteiger partial charge in [-0.3, -0.25) is 0 Å². The number of carbonyl (C=O) groups is 1. The van der Waals surface area contributed by atoms with Crippen molar-refractivity contribution >= 4 is 67.3 Å². The number of aromatic carboxylic acids is 1. The molecule has 0 bridgehead atoms. The maximum Gasteiger partial charge on any atom is 0.347 e. The fourth-order valence-corrected chi connectivity index (χ4v) is 3.16. The highest BCUT2D eigenvalue weighted by Crippen LogP contribution is 2.36. The van der Waals surface area contributed by atoms with Crippen LogP contribution in [-0.4, -0.2) is 16.1 Å². The van der Waals surface area contributed by atoms with Gasteiger partial charge in [-0.15, -0.1) is 0 Å². The first-order valence-electron chi connectivity index (χ1n) is 4.58. The van der Waals surface area contributed by atoms with Gasteiger partial charge in [0.2, 0.25) is 0 Å². The first-order chi connectivity index (χ1) is 8.47. The summed E-state index contributed by atoms with van der Waals surface area (Å²) in [7, 11) is 0. The zero-order valence-electron chi connectivity index (χ0n) is 8.58. The summed E-state index contributed by atoms with van der Waals surface area (Å²) in [6.07, 6.45) is 1.27. The predicted molar refractivity (Wildman–Crippen MR) is 76.5 cm³/mol. The van der Waals surface area contributed by atoms with Crippen LogP contribution in [0.3, 0.4) is 0 Å². The number of thiazole rings is 1. The highest BCUT2D eigenvalue weighted by Gasteiger charge is 2.12. The third kappa shape index (κ3) is 2.95. The van der Waals surface area contributed by atoms with E-state index in [0.717, 1.165) is 15.8 Å². The molecule has 0 radical (unpaired) electrons. The maximum atomic E-state index is 10.7. The molecule has 0 aliphatic carbocycles. The van der Waals surface area contributed by atoms with Crippen molar-refractivity contribution in [3.05, 3.63) is 37.7 Å². The molecule has 2 N–H and O–H groups in total. The quantitative estimate of drug-likeness (QED) is 0.828. The normalized spacial score (nSPS) is 10.4. The van der Waals surface area contributed by atoms with E-state index in [4.69, 9.17) is 28.3 Å². The second kappa shape index (κ2) is 5.44. The van der Waals surface area contributed by atoms with Gasteiger partial charge in [-0.25, -0.2) is 9.78 Å². The van der Waals surface area contributed by atoms with Crippen LogP contribution in [0.5, 0.6) is 0 Å². The number of nitrogens with one attached hydrogen (secondary N) is 1. The Kier molecular flexibility index (Phi) is 4.11. The highest BCUT2D eigenvalue weighted by molar-refractivity contribution is 9.10. The van der Waals surface area contributed by atoms with Crippen LogP contribution in [0, 0.1) is 0 Å². The fraction of sp³-hybridized carbons (Fsp3) is 0. The minimum atomic E-state index is -1.02. The Labute approximate surface area is 125 Å². The smallest absolute Gasteiger partial charge is 0.347 e. The molecule has 4 nitrogen and oxygen atoms in total.